The Kier molecular flexibility index (Phi) is 9.01. The third-order valence-corrected chi connectivity index (χ3v) is 5.71. The van der Waals surface area contributed by atoms with Gasteiger partial charge in [0.05, 0.1) is 20.0 Å². The molecule has 7 heteroatoms. The van der Waals surface area contributed by atoms with Gasteiger partial charge in [-0.05, 0) is 35.9 Å². The first-order valence-electron chi connectivity index (χ1n) is 8.06. The van der Waals surface area contributed by atoms with Gasteiger partial charge in [0.1, 0.15) is 0 Å². The summed E-state index contributed by atoms with van der Waals surface area (Å²) >= 11 is 9.20. The molecule has 0 aliphatic carbocycles. The van der Waals surface area contributed by atoms with Crippen molar-refractivity contribution in [3.63, 3.8) is 0 Å². The van der Waals surface area contributed by atoms with E-state index in [0.717, 1.165) is 21.4 Å². The van der Waals surface area contributed by atoms with Crippen molar-refractivity contribution in [1.29, 1.82) is 0 Å². The van der Waals surface area contributed by atoms with Crippen molar-refractivity contribution in [3.8, 4) is 11.5 Å². The average Bonchev–Trinajstić information content (AvgIpc) is 2.65. The van der Waals surface area contributed by atoms with Gasteiger partial charge in [-0.3, -0.25) is 4.79 Å². The zero-order valence-electron chi connectivity index (χ0n) is 14.8. The predicted octanol–water partition coefficient (Wildman–Crippen LogP) is 4.50. The molecule has 0 aliphatic heterocycles. The standard InChI is InChI=1S/C19H22ClNO3S2/c1-23-17-7-6-16(11-18(17)24-2)26-13-19(22)21-8-9-25-12-14-4-3-5-15(20)10-14/h3-7,10-11H,8-9,12-13H2,1-2H3,(H,21,22). The molecule has 0 aliphatic rings. The Hall–Kier alpha value is -1.50. The lowest BCUT2D eigenvalue weighted by Crippen LogP contribution is -2.27. The molecule has 26 heavy (non-hydrogen) atoms. The molecule has 4 nitrogen and oxygen atoms in total. The summed E-state index contributed by atoms with van der Waals surface area (Å²) in [6.45, 7) is 0.649. The van der Waals surface area contributed by atoms with Crippen molar-refractivity contribution >= 4 is 41.0 Å². The van der Waals surface area contributed by atoms with E-state index in [1.165, 1.54) is 17.3 Å². The smallest absolute Gasteiger partial charge is 0.230 e. The van der Waals surface area contributed by atoms with E-state index in [2.05, 4.69) is 11.4 Å². The Balaban J connectivity index is 1.64. The van der Waals surface area contributed by atoms with E-state index in [9.17, 15) is 4.79 Å². The summed E-state index contributed by atoms with van der Waals surface area (Å²) < 4.78 is 10.5. The molecule has 0 bridgehead atoms. The van der Waals surface area contributed by atoms with E-state index in [4.69, 9.17) is 21.1 Å². The molecule has 1 N–H and O–H groups in total. The highest BCUT2D eigenvalue weighted by Gasteiger charge is 2.07. The fraction of sp³-hybridized carbons (Fsp3) is 0.316. The Labute approximate surface area is 168 Å². The number of benzene rings is 2. The number of thioether (sulfide) groups is 2. The lowest BCUT2D eigenvalue weighted by Gasteiger charge is -2.09. The second-order valence-corrected chi connectivity index (χ2v) is 7.93. The SMILES string of the molecule is COc1ccc(SCC(=O)NCCSCc2cccc(Cl)c2)cc1OC. The molecule has 0 saturated heterocycles. The second-order valence-electron chi connectivity index (χ2n) is 5.34. The number of hydrogen-bond donors (Lipinski definition) is 1. The molecule has 2 aromatic rings. The maximum absolute atomic E-state index is 12.0. The Morgan fingerprint density at radius 1 is 1.12 bits per heavy atom. The van der Waals surface area contributed by atoms with Crippen LogP contribution >= 0.6 is 35.1 Å². The molecular formula is C19H22ClNO3S2. The first-order chi connectivity index (χ1) is 12.6. The van der Waals surface area contributed by atoms with E-state index >= 15 is 0 Å². The summed E-state index contributed by atoms with van der Waals surface area (Å²) in [6.07, 6.45) is 0. The van der Waals surface area contributed by atoms with Gasteiger partial charge in [-0.15, -0.1) is 11.8 Å². The van der Waals surface area contributed by atoms with Crippen molar-refractivity contribution in [3.05, 3.63) is 53.1 Å². The maximum atomic E-state index is 12.0. The minimum absolute atomic E-state index is 0.0214. The zero-order chi connectivity index (χ0) is 18.8. The minimum Gasteiger partial charge on any atom is -0.493 e. The number of methoxy groups -OCH3 is 2. The van der Waals surface area contributed by atoms with Gasteiger partial charge in [0.2, 0.25) is 5.91 Å². The van der Waals surface area contributed by atoms with E-state index in [1.54, 1.807) is 26.0 Å². The van der Waals surface area contributed by atoms with Crippen LogP contribution in [0.4, 0.5) is 0 Å². The molecule has 0 aromatic heterocycles. The van der Waals surface area contributed by atoms with Crippen LogP contribution < -0.4 is 14.8 Å². The number of hydrogen-bond acceptors (Lipinski definition) is 5. The first kappa shape index (κ1) is 20.8. The Morgan fingerprint density at radius 2 is 1.92 bits per heavy atom. The topological polar surface area (TPSA) is 47.6 Å². The van der Waals surface area contributed by atoms with Crippen molar-refractivity contribution in [2.45, 2.75) is 10.6 Å². The van der Waals surface area contributed by atoms with Gasteiger partial charge in [-0.2, -0.15) is 11.8 Å². The summed E-state index contributed by atoms with van der Waals surface area (Å²) in [5.74, 6) is 3.48. The molecule has 140 valence electrons. The van der Waals surface area contributed by atoms with Crippen LogP contribution in [0.5, 0.6) is 11.5 Å². The van der Waals surface area contributed by atoms with Crippen LogP contribution in [0.25, 0.3) is 0 Å². The fourth-order valence-corrected chi connectivity index (χ4v) is 3.96. The minimum atomic E-state index is 0.0214. The zero-order valence-corrected chi connectivity index (χ0v) is 17.2. The van der Waals surface area contributed by atoms with E-state index < -0.39 is 0 Å². The lowest BCUT2D eigenvalue weighted by molar-refractivity contribution is -0.118. The number of halogens is 1. The number of ether oxygens (including phenoxy) is 2. The number of carbonyl (C=O) groups is 1. The van der Waals surface area contributed by atoms with E-state index in [0.29, 0.717) is 23.8 Å². The molecular weight excluding hydrogens is 390 g/mol. The van der Waals surface area contributed by atoms with Crippen LogP contribution in [-0.4, -0.2) is 38.2 Å². The van der Waals surface area contributed by atoms with Crippen LogP contribution in [-0.2, 0) is 10.5 Å². The quantitative estimate of drug-likeness (QED) is 0.460. The molecule has 0 heterocycles. The van der Waals surface area contributed by atoms with Crippen molar-refractivity contribution in [2.24, 2.45) is 0 Å². The second kappa shape index (κ2) is 11.3. The summed E-state index contributed by atoms with van der Waals surface area (Å²) in [5, 5.41) is 3.69. The van der Waals surface area contributed by atoms with Crippen LogP contribution in [0.3, 0.4) is 0 Å². The molecule has 0 radical (unpaired) electrons. The Bertz CT molecular complexity index is 728. The Morgan fingerprint density at radius 3 is 2.65 bits per heavy atom. The van der Waals surface area contributed by atoms with Crippen molar-refractivity contribution in [2.75, 3.05) is 32.3 Å². The number of amides is 1. The van der Waals surface area contributed by atoms with Crippen molar-refractivity contribution in [1.82, 2.24) is 5.32 Å². The number of carbonyl (C=O) groups excluding carboxylic acids is 1. The third kappa shape index (κ3) is 7.02. The van der Waals surface area contributed by atoms with Crippen LogP contribution in [0.1, 0.15) is 5.56 Å². The highest BCUT2D eigenvalue weighted by atomic mass is 35.5. The lowest BCUT2D eigenvalue weighted by atomic mass is 10.2. The predicted molar refractivity (Wildman–Crippen MR) is 111 cm³/mol. The van der Waals surface area contributed by atoms with E-state index in [1.807, 2.05) is 36.4 Å². The van der Waals surface area contributed by atoms with Crippen molar-refractivity contribution < 1.29 is 14.3 Å². The van der Waals surface area contributed by atoms with Crippen LogP contribution in [0.2, 0.25) is 5.02 Å². The van der Waals surface area contributed by atoms with Gasteiger partial charge in [-0.25, -0.2) is 0 Å². The molecule has 0 fully saturated rings. The van der Waals surface area contributed by atoms with Gasteiger partial charge in [-0.1, -0.05) is 23.7 Å². The van der Waals surface area contributed by atoms with Gasteiger partial charge in [0.15, 0.2) is 11.5 Å². The largest absolute Gasteiger partial charge is 0.493 e. The molecule has 2 aromatic carbocycles. The summed E-state index contributed by atoms with van der Waals surface area (Å²) in [5.41, 5.74) is 1.19. The number of rotatable bonds is 10. The monoisotopic (exact) mass is 411 g/mol. The summed E-state index contributed by atoms with van der Waals surface area (Å²) in [4.78, 5) is 12.9. The number of nitrogens with one attached hydrogen (secondary N) is 1. The molecule has 0 atom stereocenters. The maximum Gasteiger partial charge on any atom is 0.230 e. The molecule has 0 spiro atoms. The highest BCUT2D eigenvalue weighted by molar-refractivity contribution is 8.00. The average molecular weight is 412 g/mol. The van der Waals surface area contributed by atoms with Gasteiger partial charge in [0.25, 0.3) is 0 Å². The summed E-state index contributed by atoms with van der Waals surface area (Å²) in [6, 6.07) is 13.5. The molecule has 0 unspecified atom stereocenters. The molecule has 1 amide bonds. The van der Waals surface area contributed by atoms with Crippen LogP contribution in [0.15, 0.2) is 47.4 Å². The highest BCUT2D eigenvalue weighted by Crippen LogP contribution is 2.31. The van der Waals surface area contributed by atoms with Gasteiger partial charge >= 0.3 is 0 Å². The molecule has 2 rings (SSSR count). The van der Waals surface area contributed by atoms with Gasteiger partial charge in [0, 0.05) is 28.0 Å². The van der Waals surface area contributed by atoms with E-state index in [-0.39, 0.29) is 5.91 Å². The summed E-state index contributed by atoms with van der Waals surface area (Å²) in [7, 11) is 3.20. The first-order valence-corrected chi connectivity index (χ1v) is 10.6. The third-order valence-electron chi connectivity index (χ3n) is 3.45. The normalized spacial score (nSPS) is 10.4. The van der Waals surface area contributed by atoms with Gasteiger partial charge < -0.3 is 14.8 Å². The van der Waals surface area contributed by atoms with Crippen LogP contribution in [0, 0.1) is 0 Å². The molecule has 0 saturated carbocycles. The fourth-order valence-electron chi connectivity index (χ4n) is 2.19.